The van der Waals surface area contributed by atoms with Crippen LogP contribution in [0.15, 0.2) is 42.7 Å². The first-order chi connectivity index (χ1) is 19.9. The fourth-order valence-corrected chi connectivity index (χ4v) is 5.25. The predicted octanol–water partition coefficient (Wildman–Crippen LogP) is 6.31. The van der Waals surface area contributed by atoms with Gasteiger partial charge in [0.2, 0.25) is 11.9 Å². The van der Waals surface area contributed by atoms with Crippen molar-refractivity contribution in [2.45, 2.75) is 51.2 Å². The lowest BCUT2D eigenvalue weighted by atomic mass is 10.1. The number of aromatic nitrogens is 6. The van der Waals surface area contributed by atoms with E-state index >= 15 is 4.39 Å². The minimum atomic E-state index is -2.62. The Balaban J connectivity index is 1.23. The first-order valence-electron chi connectivity index (χ1n) is 13.7. The van der Waals surface area contributed by atoms with Crippen LogP contribution < -0.4 is 10.2 Å². The van der Waals surface area contributed by atoms with E-state index in [9.17, 15) is 13.2 Å². The van der Waals surface area contributed by atoms with Gasteiger partial charge in [-0.1, -0.05) is 0 Å². The van der Waals surface area contributed by atoms with Gasteiger partial charge in [0.1, 0.15) is 18.4 Å². The lowest BCUT2D eigenvalue weighted by Crippen LogP contribution is -2.39. The van der Waals surface area contributed by atoms with Crippen LogP contribution in [0.25, 0.3) is 22.5 Å². The molecule has 0 spiro atoms. The molecule has 1 aliphatic heterocycles. The van der Waals surface area contributed by atoms with Crippen molar-refractivity contribution >= 4 is 25.5 Å². The van der Waals surface area contributed by atoms with E-state index in [-0.39, 0.29) is 43.8 Å². The molecule has 4 aromatic rings. The zero-order valence-electron chi connectivity index (χ0n) is 24.0. The van der Waals surface area contributed by atoms with Crippen LogP contribution in [0.5, 0.6) is 0 Å². The van der Waals surface area contributed by atoms with Crippen LogP contribution >= 0.6 is 0 Å². The quantitative estimate of drug-likeness (QED) is 0.129. The van der Waals surface area contributed by atoms with E-state index in [4.69, 9.17) is 4.74 Å². The Kier molecular flexibility index (Phi) is 8.37. The molecule has 0 atom stereocenters. The highest BCUT2D eigenvalue weighted by Gasteiger charge is 2.34. The van der Waals surface area contributed by atoms with Gasteiger partial charge in [-0.3, -0.25) is 0 Å². The van der Waals surface area contributed by atoms with Gasteiger partial charge in [0.25, 0.3) is 5.92 Å². The summed E-state index contributed by atoms with van der Waals surface area (Å²) in [6.07, 6.45) is 2.50. The van der Waals surface area contributed by atoms with Crippen LogP contribution in [0.1, 0.15) is 12.8 Å². The summed E-state index contributed by atoms with van der Waals surface area (Å²) in [7, 11) is 0.423. The molecule has 5 rings (SSSR count). The van der Waals surface area contributed by atoms with Gasteiger partial charge in [-0.25, -0.2) is 27.5 Å². The van der Waals surface area contributed by atoms with Crippen LogP contribution in [0.2, 0.25) is 25.7 Å². The highest BCUT2D eigenvalue weighted by molar-refractivity contribution is 6.76. The molecule has 0 saturated carbocycles. The summed E-state index contributed by atoms with van der Waals surface area (Å²) in [6, 6.07) is 8.85. The topological polar surface area (TPSA) is 85.9 Å². The monoisotopic (exact) mass is 602 g/mol. The van der Waals surface area contributed by atoms with Gasteiger partial charge < -0.3 is 15.0 Å². The van der Waals surface area contributed by atoms with Crippen molar-refractivity contribution in [3.8, 4) is 22.5 Å². The van der Waals surface area contributed by atoms with Crippen molar-refractivity contribution in [1.29, 1.82) is 0 Å². The van der Waals surface area contributed by atoms with E-state index in [1.54, 1.807) is 31.4 Å². The third-order valence-corrected chi connectivity index (χ3v) is 8.79. The summed E-state index contributed by atoms with van der Waals surface area (Å²) in [4.78, 5) is 10.7. The maximum absolute atomic E-state index is 15.1. The van der Waals surface area contributed by atoms with Gasteiger partial charge in [0.15, 0.2) is 5.82 Å². The highest BCUT2D eigenvalue weighted by Crippen LogP contribution is 2.31. The first-order valence-corrected chi connectivity index (χ1v) is 17.5. The smallest absolute Gasteiger partial charge is 0.251 e. The summed E-state index contributed by atoms with van der Waals surface area (Å²) in [6.45, 7) is 7.66. The predicted molar refractivity (Wildman–Crippen MR) is 156 cm³/mol. The molecule has 0 bridgehead atoms. The molecule has 3 aromatic heterocycles. The molecule has 1 saturated heterocycles. The Morgan fingerprint density at radius 1 is 1.02 bits per heavy atom. The maximum atomic E-state index is 15.1. The molecule has 0 amide bonds. The average molecular weight is 603 g/mol. The number of aryl methyl sites for hydroxylation is 1. The number of hydrogen-bond acceptors (Lipinski definition) is 7. The number of pyridine rings is 1. The molecular formula is C28H34F4N8OSi-. The average Bonchev–Trinajstić information content (AvgIpc) is 3.48. The van der Waals surface area contributed by atoms with Crippen molar-refractivity contribution in [1.82, 2.24) is 29.5 Å². The van der Waals surface area contributed by atoms with Gasteiger partial charge >= 0.3 is 0 Å². The molecule has 0 aliphatic carbocycles. The lowest BCUT2D eigenvalue weighted by molar-refractivity contribution is -0.0221. The molecule has 0 radical (unpaired) electrons. The Bertz CT molecular complexity index is 1520. The maximum Gasteiger partial charge on any atom is 0.251 e. The van der Waals surface area contributed by atoms with Crippen LogP contribution in [0, 0.1) is 11.8 Å². The van der Waals surface area contributed by atoms with Crippen molar-refractivity contribution in [3.63, 3.8) is 0 Å². The number of piperidine rings is 1. The zero-order valence-corrected chi connectivity index (χ0v) is 25.0. The van der Waals surface area contributed by atoms with E-state index in [1.165, 1.54) is 23.0 Å². The molecule has 1 N–H and O–H groups in total. The van der Waals surface area contributed by atoms with Crippen LogP contribution in [-0.4, -0.2) is 63.2 Å². The Morgan fingerprint density at radius 2 is 1.79 bits per heavy atom. The third-order valence-electron chi connectivity index (χ3n) is 7.09. The fourth-order valence-electron chi connectivity index (χ4n) is 4.49. The number of rotatable bonds is 10. The number of benzene rings is 1. The normalized spacial score (nSPS) is 15.3. The molecule has 0 unspecified atom stereocenters. The van der Waals surface area contributed by atoms with E-state index in [1.807, 2.05) is 4.90 Å². The lowest BCUT2D eigenvalue weighted by Gasteiger charge is -2.32. The van der Waals surface area contributed by atoms with E-state index < -0.39 is 25.8 Å². The standard InChI is InChI=1S/C28H34F4N8OSi/c1-38-27(36-26(37-38)19-5-8-24(33-16-19)39-11-9-28(31,32)10-12-39)35-20-6-7-21(23(29)15-20)22-17-34-40(25(22)30)18-41-13-14-42(2,3)4/h5-8,15-17H,9-14,18H2,1-4H3,(H,35,36,37)/q-1. The molecule has 42 heavy (non-hydrogen) atoms. The summed E-state index contributed by atoms with van der Waals surface area (Å²) < 4.78 is 65.2. The molecule has 1 aromatic carbocycles. The summed E-state index contributed by atoms with van der Waals surface area (Å²) in [5, 5.41) is 11.5. The van der Waals surface area contributed by atoms with E-state index in [2.05, 4.69) is 45.1 Å². The highest BCUT2D eigenvalue weighted by atomic mass is 28.3. The number of alkyl halides is 2. The fraction of sp³-hybridized carbons (Fsp3) is 0.429. The molecule has 9 nitrogen and oxygen atoms in total. The van der Waals surface area contributed by atoms with Crippen LogP contribution in [0.4, 0.5) is 35.0 Å². The van der Waals surface area contributed by atoms with Crippen LogP contribution in [-0.2, 0) is 18.5 Å². The summed E-state index contributed by atoms with van der Waals surface area (Å²) >= 11 is 0. The van der Waals surface area contributed by atoms with Gasteiger partial charge in [-0.05, 0) is 30.3 Å². The minimum Gasteiger partial charge on any atom is -0.362 e. The van der Waals surface area contributed by atoms with Crippen molar-refractivity contribution in [2.24, 2.45) is 7.05 Å². The third kappa shape index (κ3) is 6.98. The Hall–Kier alpha value is -3.78. The number of nitrogens with one attached hydrogen (secondary N) is 1. The van der Waals surface area contributed by atoms with Gasteiger partial charge in [0.05, 0.1) is 11.8 Å². The molecule has 4 heterocycles. The zero-order chi connectivity index (χ0) is 30.1. The molecule has 14 heteroatoms. The van der Waals surface area contributed by atoms with Gasteiger partial charge in [0, 0.05) is 62.6 Å². The Morgan fingerprint density at radius 3 is 2.45 bits per heavy atom. The SMILES string of the molecule is Cn1nc(-c2ccc(N3CCC(F)(F)CC3)nc2)nc1Nc1ccc(-c2cnn(COCC[Si-](C)(C)C)c2F)c(F)c1. The second-order valence-corrected chi connectivity index (χ2v) is 17.3. The number of anilines is 3. The molecule has 1 aliphatic rings. The number of halogens is 4. The first kappa shape index (κ1) is 29.7. The van der Waals surface area contributed by atoms with Crippen molar-refractivity contribution in [2.75, 3.05) is 29.9 Å². The summed E-state index contributed by atoms with van der Waals surface area (Å²) in [5.41, 5.74) is 1.16. The second-order valence-electron chi connectivity index (χ2n) is 11.6. The number of nitrogens with zero attached hydrogens (tertiary/aromatic N) is 7. The molecular weight excluding hydrogens is 568 g/mol. The molecule has 225 valence electrons. The molecule has 1 fully saturated rings. The number of ether oxygens (including phenoxy) is 1. The minimum absolute atomic E-state index is 0.0402. The Labute approximate surface area is 242 Å². The largest absolute Gasteiger partial charge is 0.362 e. The van der Waals surface area contributed by atoms with Crippen molar-refractivity contribution < 1.29 is 22.3 Å². The van der Waals surface area contributed by atoms with Crippen LogP contribution in [0.3, 0.4) is 0 Å². The van der Waals surface area contributed by atoms with E-state index in [0.717, 1.165) is 10.7 Å². The number of hydrogen-bond donors (Lipinski definition) is 1. The van der Waals surface area contributed by atoms with Gasteiger partial charge in [-0.15, -0.1) is 19.2 Å². The second kappa shape index (κ2) is 11.8. The van der Waals surface area contributed by atoms with Crippen molar-refractivity contribution in [3.05, 3.63) is 54.5 Å². The summed E-state index contributed by atoms with van der Waals surface area (Å²) in [5.74, 6) is -2.55. The van der Waals surface area contributed by atoms with Gasteiger partial charge in [-0.2, -0.15) is 34.1 Å². The van der Waals surface area contributed by atoms with E-state index in [0.29, 0.717) is 35.4 Å².